The number of hydrogen-bond donors (Lipinski definition) is 0. The minimum absolute atomic E-state index is 0.295. The van der Waals surface area contributed by atoms with E-state index in [1.165, 1.54) is 30.9 Å². The van der Waals surface area contributed by atoms with Crippen LogP contribution < -0.4 is 0 Å². The number of hydrogen-bond acceptors (Lipinski definition) is 1. The highest BCUT2D eigenvalue weighted by Gasteiger charge is 2.17. The summed E-state index contributed by atoms with van der Waals surface area (Å²) in [6.45, 7) is 6.58. The molecule has 0 spiro atoms. The third-order valence-corrected chi connectivity index (χ3v) is 6.89. The van der Waals surface area contributed by atoms with Crippen molar-refractivity contribution in [2.45, 2.75) is 38.4 Å². The van der Waals surface area contributed by atoms with Gasteiger partial charge in [-0.3, -0.25) is 0 Å². The molecular weight excluding hydrogens is 384 g/mol. The Balaban J connectivity index is 2.44. The van der Waals surface area contributed by atoms with E-state index in [1.54, 1.807) is 0 Å². The van der Waals surface area contributed by atoms with Crippen LogP contribution in [0.5, 0.6) is 0 Å². The number of benzene rings is 1. The summed E-state index contributed by atoms with van der Waals surface area (Å²) >= 11 is 9.32. The summed E-state index contributed by atoms with van der Waals surface area (Å²) in [6.07, 6.45) is 2.16. The average molecular weight is 402 g/mol. The Bertz CT molecular complexity index is 553. The number of alkyl halides is 1. The van der Waals surface area contributed by atoms with Crippen LogP contribution in [0.25, 0.3) is 0 Å². The SMILES string of the molecule is CCc1ccc(CC)c(C(Br)c2cc(C)c(Br)s2)c1. The molecule has 19 heavy (non-hydrogen) atoms. The van der Waals surface area contributed by atoms with Gasteiger partial charge in [-0.1, -0.05) is 48.0 Å². The van der Waals surface area contributed by atoms with Crippen molar-refractivity contribution in [3.05, 3.63) is 55.2 Å². The molecule has 0 nitrogen and oxygen atoms in total. The molecule has 102 valence electrons. The normalized spacial score (nSPS) is 12.7. The van der Waals surface area contributed by atoms with Gasteiger partial charge in [-0.05, 0) is 64.0 Å². The molecule has 0 N–H and O–H groups in total. The molecule has 0 saturated carbocycles. The third kappa shape index (κ3) is 3.32. The van der Waals surface area contributed by atoms with E-state index < -0.39 is 0 Å². The Labute approximate surface area is 136 Å². The lowest BCUT2D eigenvalue weighted by Gasteiger charge is -2.14. The Morgan fingerprint density at radius 3 is 2.42 bits per heavy atom. The quantitative estimate of drug-likeness (QED) is 0.518. The maximum absolute atomic E-state index is 3.89. The molecule has 1 aromatic carbocycles. The van der Waals surface area contributed by atoms with Crippen molar-refractivity contribution < 1.29 is 0 Å². The van der Waals surface area contributed by atoms with E-state index in [1.807, 2.05) is 11.3 Å². The molecule has 0 aliphatic carbocycles. The zero-order valence-electron chi connectivity index (χ0n) is 11.5. The van der Waals surface area contributed by atoms with Gasteiger partial charge >= 0.3 is 0 Å². The highest BCUT2D eigenvalue weighted by molar-refractivity contribution is 9.11. The zero-order chi connectivity index (χ0) is 14.0. The first-order valence-electron chi connectivity index (χ1n) is 6.58. The van der Waals surface area contributed by atoms with E-state index in [0.717, 1.165) is 12.8 Å². The first kappa shape index (κ1) is 15.3. The van der Waals surface area contributed by atoms with E-state index in [9.17, 15) is 0 Å². The fraction of sp³-hybridized carbons (Fsp3) is 0.375. The monoisotopic (exact) mass is 400 g/mol. The predicted octanol–water partition coefficient (Wildman–Crippen LogP) is 6.43. The van der Waals surface area contributed by atoms with Crippen molar-refractivity contribution >= 4 is 43.2 Å². The average Bonchev–Trinajstić information content (AvgIpc) is 2.77. The molecule has 0 fully saturated rings. The fourth-order valence-corrected chi connectivity index (χ4v) is 4.59. The van der Waals surface area contributed by atoms with Gasteiger partial charge in [-0.25, -0.2) is 0 Å². The Hall–Kier alpha value is -0.120. The van der Waals surface area contributed by atoms with E-state index in [-0.39, 0.29) is 0 Å². The molecular formula is C16H18Br2S. The largest absolute Gasteiger partial charge is 0.131 e. The van der Waals surface area contributed by atoms with Crippen molar-refractivity contribution in [3.63, 3.8) is 0 Å². The van der Waals surface area contributed by atoms with Crippen LogP contribution in [0.4, 0.5) is 0 Å². The first-order chi connectivity index (χ1) is 9.06. The van der Waals surface area contributed by atoms with Crippen molar-refractivity contribution in [3.8, 4) is 0 Å². The van der Waals surface area contributed by atoms with Gasteiger partial charge in [0, 0.05) is 4.88 Å². The summed E-state index contributed by atoms with van der Waals surface area (Å²) < 4.78 is 1.23. The number of halogens is 2. The molecule has 0 saturated heterocycles. The predicted molar refractivity (Wildman–Crippen MR) is 92.7 cm³/mol. The highest BCUT2D eigenvalue weighted by atomic mass is 79.9. The maximum atomic E-state index is 3.89. The Kier molecular flexibility index (Phi) is 5.27. The number of thiophene rings is 1. The molecule has 0 aliphatic rings. The summed E-state index contributed by atoms with van der Waals surface area (Å²) in [6, 6.07) is 9.14. The topological polar surface area (TPSA) is 0 Å². The van der Waals surface area contributed by atoms with Crippen LogP contribution in [0.15, 0.2) is 28.1 Å². The van der Waals surface area contributed by atoms with Gasteiger partial charge in [0.15, 0.2) is 0 Å². The standard InChI is InChI=1S/C16H18Br2S/c1-4-11-6-7-12(5-2)13(9-11)15(17)14-8-10(3)16(18)19-14/h6-9,15H,4-5H2,1-3H3. The summed E-state index contributed by atoms with van der Waals surface area (Å²) in [5, 5.41) is 0. The van der Waals surface area contributed by atoms with E-state index in [2.05, 4.69) is 76.9 Å². The summed E-state index contributed by atoms with van der Waals surface area (Å²) in [5.41, 5.74) is 5.56. The van der Waals surface area contributed by atoms with E-state index in [4.69, 9.17) is 0 Å². The molecule has 0 aliphatic heterocycles. The van der Waals surface area contributed by atoms with Crippen molar-refractivity contribution in [2.75, 3.05) is 0 Å². The molecule has 1 atom stereocenters. The third-order valence-electron chi connectivity index (χ3n) is 3.40. The highest BCUT2D eigenvalue weighted by Crippen LogP contribution is 2.40. The van der Waals surface area contributed by atoms with Crippen LogP contribution in [-0.2, 0) is 12.8 Å². The number of aryl methyl sites for hydroxylation is 3. The van der Waals surface area contributed by atoms with Crippen LogP contribution in [0, 0.1) is 6.92 Å². The molecule has 1 aromatic heterocycles. The lowest BCUT2D eigenvalue weighted by atomic mass is 9.98. The minimum atomic E-state index is 0.295. The molecule has 2 aromatic rings. The van der Waals surface area contributed by atoms with Crippen molar-refractivity contribution in [1.82, 2.24) is 0 Å². The zero-order valence-corrected chi connectivity index (χ0v) is 15.5. The van der Waals surface area contributed by atoms with Crippen LogP contribution in [0.3, 0.4) is 0 Å². The molecule has 2 rings (SSSR count). The van der Waals surface area contributed by atoms with Gasteiger partial charge in [-0.15, -0.1) is 11.3 Å². The van der Waals surface area contributed by atoms with Crippen LogP contribution in [-0.4, -0.2) is 0 Å². The van der Waals surface area contributed by atoms with Crippen LogP contribution in [0.2, 0.25) is 0 Å². The van der Waals surface area contributed by atoms with E-state index in [0.29, 0.717) is 4.83 Å². The van der Waals surface area contributed by atoms with Crippen molar-refractivity contribution in [1.29, 1.82) is 0 Å². The lowest BCUT2D eigenvalue weighted by molar-refractivity contribution is 1.04. The smallest absolute Gasteiger partial charge is 0.0741 e. The Morgan fingerprint density at radius 1 is 1.16 bits per heavy atom. The second-order valence-electron chi connectivity index (χ2n) is 4.71. The van der Waals surface area contributed by atoms with Crippen LogP contribution in [0.1, 0.15) is 45.8 Å². The second kappa shape index (κ2) is 6.55. The summed E-state index contributed by atoms with van der Waals surface area (Å²) in [7, 11) is 0. The summed E-state index contributed by atoms with van der Waals surface area (Å²) in [5.74, 6) is 0. The maximum Gasteiger partial charge on any atom is 0.0741 e. The van der Waals surface area contributed by atoms with Crippen LogP contribution >= 0.6 is 43.2 Å². The fourth-order valence-electron chi connectivity index (χ4n) is 2.18. The second-order valence-corrected chi connectivity index (χ2v) is 8.03. The summed E-state index contributed by atoms with van der Waals surface area (Å²) in [4.78, 5) is 1.66. The van der Waals surface area contributed by atoms with E-state index >= 15 is 0 Å². The molecule has 0 amide bonds. The lowest BCUT2D eigenvalue weighted by Crippen LogP contribution is -1.98. The van der Waals surface area contributed by atoms with Gasteiger partial charge in [-0.2, -0.15) is 0 Å². The number of rotatable bonds is 4. The van der Waals surface area contributed by atoms with Crippen molar-refractivity contribution in [2.24, 2.45) is 0 Å². The molecule has 0 radical (unpaired) electrons. The first-order valence-corrected chi connectivity index (χ1v) is 9.10. The molecule has 0 bridgehead atoms. The van der Waals surface area contributed by atoms with Gasteiger partial charge < -0.3 is 0 Å². The van der Waals surface area contributed by atoms with Gasteiger partial charge in [0.2, 0.25) is 0 Å². The molecule has 3 heteroatoms. The molecule has 1 unspecified atom stereocenters. The molecule has 1 heterocycles. The van der Waals surface area contributed by atoms with Gasteiger partial charge in [0.05, 0.1) is 8.61 Å². The minimum Gasteiger partial charge on any atom is -0.131 e. The van der Waals surface area contributed by atoms with Gasteiger partial charge in [0.1, 0.15) is 0 Å². The Morgan fingerprint density at radius 2 is 1.89 bits per heavy atom. The van der Waals surface area contributed by atoms with Gasteiger partial charge in [0.25, 0.3) is 0 Å².